The van der Waals surface area contributed by atoms with Crippen molar-refractivity contribution in [1.82, 2.24) is 5.32 Å². The van der Waals surface area contributed by atoms with Crippen LogP contribution in [0.5, 0.6) is 0 Å². The van der Waals surface area contributed by atoms with Crippen LogP contribution in [0.25, 0.3) is 0 Å². The van der Waals surface area contributed by atoms with E-state index < -0.39 is 0 Å². The second kappa shape index (κ2) is 10.4. The zero-order valence-corrected chi connectivity index (χ0v) is 17.2. The van der Waals surface area contributed by atoms with E-state index in [0.29, 0.717) is 17.7 Å². The third kappa shape index (κ3) is 6.27. The number of carbonyl (C=O) groups is 2. The maximum absolute atomic E-state index is 13.0. The highest BCUT2D eigenvalue weighted by Gasteiger charge is 2.26. The maximum atomic E-state index is 13.0. The van der Waals surface area contributed by atoms with E-state index in [9.17, 15) is 14.0 Å². The standard InChI is InChI=1S/C22H26FN3O2.ClH/c1-14(25-21(27)13-17-3-2-4-20(17)24)15-7-11-19(12-8-15)26-22(28)16-5-9-18(23)10-6-16;/h5-12,14,17,20H,2-4,13,24H2,1H3,(H,25,27)(H,26,28);1H/t14?,17-,20+;/m0./s1. The number of anilines is 1. The number of nitrogens with one attached hydrogen (secondary N) is 2. The number of amides is 2. The van der Waals surface area contributed by atoms with Gasteiger partial charge in [0.15, 0.2) is 0 Å². The second-order valence-corrected chi connectivity index (χ2v) is 7.43. The van der Waals surface area contributed by atoms with E-state index in [-0.39, 0.29) is 48.0 Å². The molecule has 0 radical (unpaired) electrons. The summed E-state index contributed by atoms with van der Waals surface area (Å²) < 4.78 is 13.0. The first-order valence-electron chi connectivity index (χ1n) is 9.64. The predicted octanol–water partition coefficient (Wildman–Crippen LogP) is 4.19. The van der Waals surface area contributed by atoms with Gasteiger partial charge in [-0.3, -0.25) is 9.59 Å². The van der Waals surface area contributed by atoms with Crippen molar-refractivity contribution in [2.24, 2.45) is 11.7 Å². The van der Waals surface area contributed by atoms with Gasteiger partial charge in [-0.05, 0) is 67.6 Å². The van der Waals surface area contributed by atoms with E-state index in [1.807, 2.05) is 19.1 Å². The maximum Gasteiger partial charge on any atom is 0.255 e. The van der Waals surface area contributed by atoms with Gasteiger partial charge in [-0.1, -0.05) is 18.6 Å². The molecule has 156 valence electrons. The zero-order chi connectivity index (χ0) is 20.1. The van der Waals surface area contributed by atoms with Gasteiger partial charge in [0, 0.05) is 23.7 Å². The van der Waals surface area contributed by atoms with Gasteiger partial charge in [0.05, 0.1) is 6.04 Å². The van der Waals surface area contributed by atoms with Crippen molar-refractivity contribution < 1.29 is 14.0 Å². The van der Waals surface area contributed by atoms with Crippen molar-refractivity contribution in [2.75, 3.05) is 5.32 Å². The summed E-state index contributed by atoms with van der Waals surface area (Å²) in [5, 5.41) is 5.79. The lowest BCUT2D eigenvalue weighted by molar-refractivity contribution is -0.122. The SMILES string of the molecule is CC(NC(=O)C[C@@H]1CCC[C@H]1N)c1ccc(NC(=O)c2ccc(F)cc2)cc1.Cl. The monoisotopic (exact) mass is 419 g/mol. The van der Waals surface area contributed by atoms with Gasteiger partial charge in [0.2, 0.25) is 5.91 Å². The summed E-state index contributed by atoms with van der Waals surface area (Å²) in [5.74, 6) is -0.395. The number of hydrogen-bond donors (Lipinski definition) is 3. The summed E-state index contributed by atoms with van der Waals surface area (Å²) >= 11 is 0. The van der Waals surface area contributed by atoms with Crippen LogP contribution in [0.3, 0.4) is 0 Å². The highest BCUT2D eigenvalue weighted by molar-refractivity contribution is 6.04. The largest absolute Gasteiger partial charge is 0.350 e. The molecular formula is C22H27ClFN3O2. The highest BCUT2D eigenvalue weighted by Crippen LogP contribution is 2.27. The molecule has 0 aromatic heterocycles. The quantitative estimate of drug-likeness (QED) is 0.656. The summed E-state index contributed by atoms with van der Waals surface area (Å²) in [6, 6.07) is 12.7. The van der Waals surface area contributed by atoms with Crippen LogP contribution in [0.15, 0.2) is 48.5 Å². The molecule has 1 aliphatic rings. The second-order valence-electron chi connectivity index (χ2n) is 7.43. The third-order valence-corrected chi connectivity index (χ3v) is 5.32. The van der Waals surface area contributed by atoms with Crippen LogP contribution in [0, 0.1) is 11.7 Å². The molecule has 0 saturated heterocycles. The fraction of sp³-hybridized carbons (Fsp3) is 0.364. The normalized spacial score (nSPS) is 19.1. The Morgan fingerprint density at radius 3 is 2.34 bits per heavy atom. The Labute approximate surface area is 176 Å². The molecule has 0 bridgehead atoms. The van der Waals surface area contributed by atoms with E-state index in [1.54, 1.807) is 12.1 Å². The highest BCUT2D eigenvalue weighted by atomic mass is 35.5. The van der Waals surface area contributed by atoms with Gasteiger partial charge in [-0.2, -0.15) is 0 Å². The summed E-state index contributed by atoms with van der Waals surface area (Å²) in [6.07, 6.45) is 3.58. The summed E-state index contributed by atoms with van der Waals surface area (Å²) in [5.41, 5.74) is 8.01. The minimum absolute atomic E-state index is 0. The first-order valence-corrected chi connectivity index (χ1v) is 9.64. The first kappa shape index (κ1) is 22.8. The van der Waals surface area contributed by atoms with Crippen LogP contribution in [0.1, 0.15) is 54.6 Å². The molecule has 3 rings (SSSR count). The molecule has 7 heteroatoms. The van der Waals surface area contributed by atoms with Crippen LogP contribution in [0.2, 0.25) is 0 Å². The lowest BCUT2D eigenvalue weighted by Gasteiger charge is -2.18. The molecule has 1 saturated carbocycles. The Morgan fingerprint density at radius 2 is 1.76 bits per heavy atom. The first-order chi connectivity index (χ1) is 13.4. The van der Waals surface area contributed by atoms with Crippen molar-refractivity contribution in [3.05, 3.63) is 65.5 Å². The molecule has 3 atom stereocenters. The molecule has 0 spiro atoms. The Morgan fingerprint density at radius 1 is 1.10 bits per heavy atom. The van der Waals surface area contributed by atoms with Gasteiger partial charge < -0.3 is 16.4 Å². The molecule has 2 aromatic carbocycles. The Bertz CT molecular complexity index is 827. The van der Waals surface area contributed by atoms with Crippen molar-refractivity contribution >= 4 is 29.9 Å². The summed E-state index contributed by atoms with van der Waals surface area (Å²) in [7, 11) is 0. The molecule has 5 nitrogen and oxygen atoms in total. The van der Waals surface area contributed by atoms with E-state index in [0.717, 1.165) is 24.8 Å². The van der Waals surface area contributed by atoms with Crippen molar-refractivity contribution in [3.63, 3.8) is 0 Å². The number of halogens is 2. The van der Waals surface area contributed by atoms with E-state index in [1.165, 1.54) is 24.3 Å². The fourth-order valence-corrected chi connectivity index (χ4v) is 3.60. The predicted molar refractivity (Wildman–Crippen MR) is 115 cm³/mol. The number of rotatable bonds is 6. The Hall–Kier alpha value is -2.44. The topological polar surface area (TPSA) is 84.2 Å². The van der Waals surface area contributed by atoms with Gasteiger partial charge in [0.25, 0.3) is 5.91 Å². The number of nitrogens with two attached hydrogens (primary N) is 1. The molecule has 1 unspecified atom stereocenters. The van der Waals surface area contributed by atoms with E-state index in [4.69, 9.17) is 5.73 Å². The summed E-state index contributed by atoms with van der Waals surface area (Å²) in [4.78, 5) is 24.5. The van der Waals surface area contributed by atoms with Crippen molar-refractivity contribution in [2.45, 2.75) is 44.7 Å². The molecule has 1 aliphatic carbocycles. The minimum atomic E-state index is -0.383. The Kier molecular flexibility index (Phi) is 8.17. The molecule has 4 N–H and O–H groups in total. The Balaban J connectivity index is 0.00000300. The lowest BCUT2D eigenvalue weighted by atomic mass is 9.99. The van der Waals surface area contributed by atoms with Crippen LogP contribution in [-0.4, -0.2) is 17.9 Å². The van der Waals surface area contributed by atoms with Crippen LogP contribution in [0.4, 0.5) is 10.1 Å². The molecule has 0 aliphatic heterocycles. The number of benzene rings is 2. The van der Waals surface area contributed by atoms with Crippen LogP contribution in [-0.2, 0) is 4.79 Å². The lowest BCUT2D eigenvalue weighted by Crippen LogP contribution is -2.32. The minimum Gasteiger partial charge on any atom is -0.350 e. The zero-order valence-electron chi connectivity index (χ0n) is 16.4. The van der Waals surface area contributed by atoms with E-state index >= 15 is 0 Å². The number of carbonyl (C=O) groups excluding carboxylic acids is 2. The molecular weight excluding hydrogens is 393 g/mol. The molecule has 0 heterocycles. The summed E-state index contributed by atoms with van der Waals surface area (Å²) in [6.45, 7) is 1.93. The van der Waals surface area contributed by atoms with E-state index in [2.05, 4.69) is 10.6 Å². The van der Waals surface area contributed by atoms with Gasteiger partial charge >= 0.3 is 0 Å². The van der Waals surface area contributed by atoms with Gasteiger partial charge in [-0.25, -0.2) is 4.39 Å². The smallest absolute Gasteiger partial charge is 0.255 e. The molecule has 2 aromatic rings. The third-order valence-electron chi connectivity index (χ3n) is 5.32. The average molecular weight is 420 g/mol. The van der Waals surface area contributed by atoms with Crippen molar-refractivity contribution in [1.29, 1.82) is 0 Å². The molecule has 1 fully saturated rings. The number of hydrogen-bond acceptors (Lipinski definition) is 3. The molecule has 29 heavy (non-hydrogen) atoms. The van der Waals surface area contributed by atoms with Gasteiger partial charge in [-0.15, -0.1) is 12.4 Å². The van der Waals surface area contributed by atoms with Crippen LogP contribution < -0.4 is 16.4 Å². The van der Waals surface area contributed by atoms with Crippen molar-refractivity contribution in [3.8, 4) is 0 Å². The average Bonchev–Trinajstić information content (AvgIpc) is 3.07. The fourth-order valence-electron chi connectivity index (χ4n) is 3.60. The van der Waals surface area contributed by atoms with Gasteiger partial charge in [0.1, 0.15) is 5.82 Å². The molecule has 2 amide bonds. The van der Waals surface area contributed by atoms with Crippen LogP contribution >= 0.6 is 12.4 Å².